The number of carbonyl (C=O) groups is 1. The fourth-order valence-corrected chi connectivity index (χ4v) is 2.97. The van der Waals surface area contributed by atoms with Gasteiger partial charge >= 0.3 is 5.97 Å². The summed E-state index contributed by atoms with van der Waals surface area (Å²) in [6.45, 7) is 8.29. The SMILES string of the molecule is Cc1sc(C(=O)O)cc1CNCCN1CCOCC1. The number of rotatable bonds is 6. The summed E-state index contributed by atoms with van der Waals surface area (Å²) in [6.07, 6.45) is 0. The van der Waals surface area contributed by atoms with Gasteiger partial charge in [0, 0.05) is 37.6 Å². The quantitative estimate of drug-likeness (QED) is 0.768. The third-order valence-corrected chi connectivity index (χ3v) is 4.34. The van der Waals surface area contributed by atoms with E-state index in [4.69, 9.17) is 9.84 Å². The Kier molecular flexibility index (Phi) is 5.33. The summed E-state index contributed by atoms with van der Waals surface area (Å²) in [7, 11) is 0. The molecule has 106 valence electrons. The van der Waals surface area contributed by atoms with E-state index >= 15 is 0 Å². The van der Waals surface area contributed by atoms with Crippen molar-refractivity contribution in [2.75, 3.05) is 39.4 Å². The minimum atomic E-state index is -0.840. The van der Waals surface area contributed by atoms with Gasteiger partial charge in [0.2, 0.25) is 0 Å². The number of aryl methyl sites for hydroxylation is 1. The van der Waals surface area contributed by atoms with Gasteiger partial charge in [0.15, 0.2) is 0 Å². The zero-order chi connectivity index (χ0) is 13.7. The molecule has 1 fully saturated rings. The number of morpholine rings is 1. The molecule has 2 heterocycles. The van der Waals surface area contributed by atoms with Crippen LogP contribution >= 0.6 is 11.3 Å². The summed E-state index contributed by atoms with van der Waals surface area (Å²) in [6, 6.07) is 1.77. The highest BCUT2D eigenvalue weighted by atomic mass is 32.1. The molecule has 19 heavy (non-hydrogen) atoms. The normalized spacial score (nSPS) is 16.7. The second kappa shape index (κ2) is 7.00. The maximum atomic E-state index is 10.9. The molecule has 1 saturated heterocycles. The molecule has 0 aliphatic carbocycles. The Hall–Kier alpha value is -0.950. The van der Waals surface area contributed by atoms with E-state index < -0.39 is 5.97 Å². The van der Waals surface area contributed by atoms with Crippen molar-refractivity contribution < 1.29 is 14.6 Å². The summed E-state index contributed by atoms with van der Waals surface area (Å²) in [5.41, 5.74) is 1.09. The largest absolute Gasteiger partial charge is 0.477 e. The Morgan fingerprint density at radius 1 is 1.53 bits per heavy atom. The molecule has 0 amide bonds. The predicted molar refractivity (Wildman–Crippen MR) is 75.0 cm³/mol. The number of carboxylic acids is 1. The molecular weight excluding hydrogens is 264 g/mol. The number of nitrogens with one attached hydrogen (secondary N) is 1. The molecule has 0 aromatic carbocycles. The number of hydrogen-bond donors (Lipinski definition) is 2. The maximum absolute atomic E-state index is 10.9. The van der Waals surface area contributed by atoms with Crippen LogP contribution in [0, 0.1) is 6.92 Å². The third kappa shape index (κ3) is 4.28. The Morgan fingerprint density at radius 3 is 2.89 bits per heavy atom. The molecule has 5 nitrogen and oxygen atoms in total. The number of nitrogens with zero attached hydrogens (tertiary/aromatic N) is 1. The average molecular weight is 284 g/mol. The van der Waals surface area contributed by atoms with Crippen LogP contribution in [0.1, 0.15) is 20.1 Å². The van der Waals surface area contributed by atoms with Crippen LogP contribution in [0.25, 0.3) is 0 Å². The fourth-order valence-electron chi connectivity index (χ4n) is 2.09. The van der Waals surface area contributed by atoms with E-state index in [9.17, 15) is 4.79 Å². The third-order valence-electron chi connectivity index (χ3n) is 3.26. The topological polar surface area (TPSA) is 61.8 Å². The minimum absolute atomic E-state index is 0.419. The van der Waals surface area contributed by atoms with E-state index in [1.54, 1.807) is 6.07 Å². The Balaban J connectivity index is 1.71. The predicted octanol–water partition coefficient (Wildman–Crippen LogP) is 1.18. The van der Waals surface area contributed by atoms with E-state index in [2.05, 4.69) is 10.2 Å². The summed E-state index contributed by atoms with van der Waals surface area (Å²) in [4.78, 5) is 14.7. The van der Waals surface area contributed by atoms with Crippen molar-refractivity contribution in [2.45, 2.75) is 13.5 Å². The van der Waals surface area contributed by atoms with Crippen LogP contribution in [0.2, 0.25) is 0 Å². The van der Waals surface area contributed by atoms with Crippen molar-refractivity contribution in [1.29, 1.82) is 0 Å². The van der Waals surface area contributed by atoms with E-state index in [1.165, 1.54) is 11.3 Å². The highest BCUT2D eigenvalue weighted by Crippen LogP contribution is 2.21. The molecule has 0 bridgehead atoms. The van der Waals surface area contributed by atoms with Crippen molar-refractivity contribution in [3.8, 4) is 0 Å². The van der Waals surface area contributed by atoms with E-state index in [-0.39, 0.29) is 0 Å². The van der Waals surface area contributed by atoms with Gasteiger partial charge in [0.05, 0.1) is 13.2 Å². The van der Waals surface area contributed by atoms with E-state index in [1.807, 2.05) is 6.92 Å². The summed E-state index contributed by atoms with van der Waals surface area (Å²) in [5.74, 6) is -0.840. The number of aromatic carboxylic acids is 1. The highest BCUT2D eigenvalue weighted by Gasteiger charge is 2.11. The van der Waals surface area contributed by atoms with Crippen LogP contribution in [0.4, 0.5) is 0 Å². The zero-order valence-corrected chi connectivity index (χ0v) is 12.0. The zero-order valence-electron chi connectivity index (χ0n) is 11.1. The minimum Gasteiger partial charge on any atom is -0.477 e. The van der Waals surface area contributed by atoms with Crippen molar-refractivity contribution in [3.63, 3.8) is 0 Å². The van der Waals surface area contributed by atoms with Crippen molar-refractivity contribution in [3.05, 3.63) is 21.4 Å². The molecule has 0 spiro atoms. The van der Waals surface area contributed by atoms with Gasteiger partial charge in [-0.1, -0.05) is 0 Å². The van der Waals surface area contributed by atoms with Gasteiger partial charge in [-0.15, -0.1) is 11.3 Å². The second-order valence-electron chi connectivity index (χ2n) is 4.63. The van der Waals surface area contributed by atoms with Gasteiger partial charge in [-0.3, -0.25) is 4.90 Å². The molecule has 1 aliphatic rings. The summed E-state index contributed by atoms with van der Waals surface area (Å²) in [5, 5.41) is 12.3. The first kappa shape index (κ1) is 14.5. The highest BCUT2D eigenvalue weighted by molar-refractivity contribution is 7.14. The smallest absolute Gasteiger partial charge is 0.345 e. The molecule has 0 unspecified atom stereocenters. The average Bonchev–Trinajstić information content (AvgIpc) is 2.78. The van der Waals surface area contributed by atoms with E-state index in [0.717, 1.165) is 56.4 Å². The Labute approximate surface area is 117 Å². The van der Waals surface area contributed by atoms with Crippen LogP contribution in [0.5, 0.6) is 0 Å². The molecule has 1 aliphatic heterocycles. The number of carboxylic acid groups (broad SMARTS) is 1. The van der Waals surface area contributed by atoms with Crippen LogP contribution in [-0.4, -0.2) is 55.4 Å². The van der Waals surface area contributed by atoms with Crippen LogP contribution < -0.4 is 5.32 Å². The molecule has 1 aromatic heterocycles. The van der Waals surface area contributed by atoms with Crippen LogP contribution in [0.3, 0.4) is 0 Å². The summed E-state index contributed by atoms with van der Waals surface area (Å²) >= 11 is 1.34. The number of ether oxygens (including phenoxy) is 1. The Morgan fingerprint density at radius 2 is 2.26 bits per heavy atom. The first-order valence-corrected chi connectivity index (χ1v) is 7.32. The van der Waals surface area contributed by atoms with Crippen molar-refractivity contribution >= 4 is 17.3 Å². The Bertz CT molecular complexity index is 428. The number of thiophene rings is 1. The lowest BCUT2D eigenvalue weighted by Gasteiger charge is -2.26. The lowest BCUT2D eigenvalue weighted by Crippen LogP contribution is -2.40. The van der Waals surface area contributed by atoms with Gasteiger partial charge in [0.25, 0.3) is 0 Å². The van der Waals surface area contributed by atoms with Gasteiger partial charge in [-0.05, 0) is 18.6 Å². The van der Waals surface area contributed by atoms with Gasteiger partial charge in [-0.2, -0.15) is 0 Å². The monoisotopic (exact) mass is 284 g/mol. The van der Waals surface area contributed by atoms with Crippen LogP contribution in [-0.2, 0) is 11.3 Å². The van der Waals surface area contributed by atoms with Crippen LogP contribution in [0.15, 0.2) is 6.07 Å². The lowest BCUT2D eigenvalue weighted by molar-refractivity contribution is 0.0384. The van der Waals surface area contributed by atoms with E-state index in [0.29, 0.717) is 4.88 Å². The molecule has 2 rings (SSSR count). The second-order valence-corrected chi connectivity index (χ2v) is 5.88. The lowest BCUT2D eigenvalue weighted by atomic mass is 10.2. The van der Waals surface area contributed by atoms with Gasteiger partial charge in [0.1, 0.15) is 4.88 Å². The molecule has 1 aromatic rings. The van der Waals surface area contributed by atoms with Gasteiger partial charge in [-0.25, -0.2) is 4.79 Å². The first-order valence-electron chi connectivity index (χ1n) is 6.50. The van der Waals surface area contributed by atoms with Gasteiger partial charge < -0.3 is 15.2 Å². The van der Waals surface area contributed by atoms with Crippen molar-refractivity contribution in [1.82, 2.24) is 10.2 Å². The maximum Gasteiger partial charge on any atom is 0.345 e. The molecular formula is C13H20N2O3S. The number of hydrogen-bond acceptors (Lipinski definition) is 5. The molecule has 2 N–H and O–H groups in total. The first-order chi connectivity index (χ1) is 9.16. The molecule has 0 atom stereocenters. The molecule has 0 radical (unpaired) electrons. The summed E-state index contributed by atoms with van der Waals surface area (Å²) < 4.78 is 5.30. The standard InChI is InChI=1S/C13H20N2O3S/c1-10-11(8-12(19-10)13(16)17)9-14-2-3-15-4-6-18-7-5-15/h8,14H,2-7,9H2,1H3,(H,16,17). The van der Waals surface area contributed by atoms with Crippen molar-refractivity contribution in [2.24, 2.45) is 0 Å². The molecule has 0 saturated carbocycles. The molecule has 6 heteroatoms. The fraction of sp³-hybridized carbons (Fsp3) is 0.615.